The number of anilines is 3. The van der Waals surface area contributed by atoms with Gasteiger partial charge in [-0.3, -0.25) is 0 Å². The summed E-state index contributed by atoms with van der Waals surface area (Å²) in [5.41, 5.74) is 21.3. The molecule has 3 aliphatic carbocycles. The molecule has 8 aromatic carbocycles. The second kappa shape index (κ2) is 11.0. The number of hydrogen-bond donors (Lipinski definition) is 0. The lowest BCUT2D eigenvalue weighted by Gasteiger charge is -2.36. The van der Waals surface area contributed by atoms with Gasteiger partial charge in [0, 0.05) is 22.4 Å². The van der Waals surface area contributed by atoms with E-state index in [1.807, 2.05) is 0 Å². The molecule has 11 rings (SSSR count). The van der Waals surface area contributed by atoms with Gasteiger partial charge in [-0.2, -0.15) is 0 Å². The second-order valence-electron chi connectivity index (χ2n) is 15.2. The van der Waals surface area contributed by atoms with E-state index in [0.29, 0.717) is 0 Å². The Hall–Kier alpha value is -6.44. The third-order valence-electron chi connectivity index (χ3n) is 12.3. The smallest absolute Gasteiger partial charge is 0.0726 e. The number of nitrogens with zero attached hydrogens (tertiary/aromatic N) is 1. The number of para-hydroxylation sites is 1. The first kappa shape index (κ1) is 30.2. The van der Waals surface area contributed by atoms with E-state index in [1.165, 1.54) is 83.6 Å². The minimum absolute atomic E-state index is 0.109. The van der Waals surface area contributed by atoms with Gasteiger partial charge >= 0.3 is 0 Å². The van der Waals surface area contributed by atoms with Gasteiger partial charge in [0.1, 0.15) is 0 Å². The summed E-state index contributed by atoms with van der Waals surface area (Å²) in [5, 5.41) is 0. The van der Waals surface area contributed by atoms with Crippen LogP contribution >= 0.6 is 0 Å². The molecule has 1 nitrogen and oxygen atoms in total. The van der Waals surface area contributed by atoms with Gasteiger partial charge in [0.05, 0.1) is 11.1 Å². The molecule has 0 fully saturated rings. The van der Waals surface area contributed by atoms with Crippen molar-refractivity contribution in [2.75, 3.05) is 4.90 Å². The molecule has 0 radical (unpaired) electrons. The van der Waals surface area contributed by atoms with Gasteiger partial charge in [0.15, 0.2) is 0 Å². The zero-order chi connectivity index (χ0) is 35.3. The monoisotopic (exact) mass is 675 g/mol. The highest BCUT2D eigenvalue weighted by atomic mass is 15.1. The van der Waals surface area contributed by atoms with Crippen molar-refractivity contribution in [1.29, 1.82) is 0 Å². The first-order valence-corrected chi connectivity index (χ1v) is 18.7. The van der Waals surface area contributed by atoms with Gasteiger partial charge in [-0.15, -0.1) is 0 Å². The number of fused-ring (bicyclic) bond motifs is 15. The van der Waals surface area contributed by atoms with Gasteiger partial charge in [-0.1, -0.05) is 172 Å². The van der Waals surface area contributed by atoms with Crippen LogP contribution in [0.3, 0.4) is 0 Å². The van der Waals surface area contributed by atoms with E-state index in [4.69, 9.17) is 0 Å². The maximum atomic E-state index is 2.50. The van der Waals surface area contributed by atoms with Crippen molar-refractivity contribution in [3.63, 3.8) is 0 Å². The normalized spacial score (nSPS) is 14.5. The molecular weight excluding hydrogens is 639 g/mol. The lowest BCUT2D eigenvalue weighted by Crippen LogP contribution is -2.29. The molecule has 0 saturated heterocycles. The highest BCUT2D eigenvalue weighted by Crippen LogP contribution is 2.63. The van der Waals surface area contributed by atoms with Crippen molar-refractivity contribution in [2.45, 2.75) is 24.7 Å². The summed E-state index contributed by atoms with van der Waals surface area (Å²) < 4.78 is 0. The summed E-state index contributed by atoms with van der Waals surface area (Å²) in [6, 6.07) is 70.3. The predicted octanol–water partition coefficient (Wildman–Crippen LogP) is 13.5. The van der Waals surface area contributed by atoms with Gasteiger partial charge in [0.2, 0.25) is 0 Å². The van der Waals surface area contributed by atoms with Crippen LogP contribution in [-0.2, 0) is 10.8 Å². The van der Waals surface area contributed by atoms with Crippen molar-refractivity contribution < 1.29 is 0 Å². The van der Waals surface area contributed by atoms with Crippen LogP contribution in [0.25, 0.3) is 44.5 Å². The van der Waals surface area contributed by atoms with Crippen molar-refractivity contribution in [3.8, 4) is 44.5 Å². The number of hydrogen-bond acceptors (Lipinski definition) is 1. The molecule has 8 aromatic rings. The zero-order valence-electron chi connectivity index (χ0n) is 29.8. The molecule has 0 saturated carbocycles. The molecule has 1 heteroatoms. The molecule has 0 N–H and O–H groups in total. The second-order valence-corrected chi connectivity index (χ2v) is 15.2. The summed E-state index contributed by atoms with van der Waals surface area (Å²) in [4.78, 5) is 2.50. The first-order valence-electron chi connectivity index (χ1n) is 18.7. The summed E-state index contributed by atoms with van der Waals surface area (Å²) in [6.07, 6.45) is 0. The molecule has 1 spiro atoms. The fraction of sp³-hybridized carbons (Fsp3) is 0.0769. The standard InChI is InChI=1S/C52H37N/c1-51(2)43-25-12-8-23-40(43)41-32-31-35(33-48(41)51)53(34-17-4-3-5-18-34)49-30-16-29-47-50(49)42-24-11-15-28-46(42)52(47)44-26-13-9-21-38(44)36-19-6-7-20-37(36)39-22-10-14-27-45(39)52/h3-33H,1-2H3. The predicted molar refractivity (Wildman–Crippen MR) is 220 cm³/mol. The molecule has 250 valence electrons. The van der Waals surface area contributed by atoms with E-state index in [0.717, 1.165) is 11.4 Å². The molecular formula is C52H37N. The molecule has 0 amide bonds. The third-order valence-corrected chi connectivity index (χ3v) is 12.3. The molecule has 0 unspecified atom stereocenters. The van der Waals surface area contributed by atoms with Crippen LogP contribution in [0.15, 0.2) is 188 Å². The quantitative estimate of drug-likeness (QED) is 0.180. The first-order chi connectivity index (χ1) is 26.1. The Morgan fingerprint density at radius 1 is 0.321 bits per heavy atom. The Kier molecular flexibility index (Phi) is 6.29. The largest absolute Gasteiger partial charge is 0.310 e. The highest BCUT2D eigenvalue weighted by Gasteiger charge is 2.50. The van der Waals surface area contributed by atoms with E-state index in [2.05, 4.69) is 207 Å². The maximum absolute atomic E-state index is 2.50. The van der Waals surface area contributed by atoms with Crippen LogP contribution in [0.5, 0.6) is 0 Å². The van der Waals surface area contributed by atoms with Crippen LogP contribution in [-0.4, -0.2) is 0 Å². The van der Waals surface area contributed by atoms with Gasteiger partial charge in [-0.25, -0.2) is 0 Å². The minimum atomic E-state index is -0.530. The Bertz CT molecular complexity index is 2700. The summed E-state index contributed by atoms with van der Waals surface area (Å²) in [6.45, 7) is 4.74. The molecule has 0 atom stereocenters. The fourth-order valence-corrected chi connectivity index (χ4v) is 10.1. The Balaban J connectivity index is 1.23. The van der Waals surface area contributed by atoms with Crippen molar-refractivity contribution in [2.24, 2.45) is 0 Å². The molecule has 0 aromatic heterocycles. The Morgan fingerprint density at radius 3 is 1.40 bits per heavy atom. The van der Waals surface area contributed by atoms with Gasteiger partial charge in [0.25, 0.3) is 0 Å². The lowest BCUT2D eigenvalue weighted by molar-refractivity contribution is 0.660. The van der Waals surface area contributed by atoms with Crippen LogP contribution < -0.4 is 4.90 Å². The van der Waals surface area contributed by atoms with E-state index in [1.54, 1.807) is 0 Å². The van der Waals surface area contributed by atoms with E-state index in [9.17, 15) is 0 Å². The van der Waals surface area contributed by atoms with E-state index in [-0.39, 0.29) is 5.41 Å². The van der Waals surface area contributed by atoms with Crippen molar-refractivity contribution >= 4 is 17.1 Å². The topological polar surface area (TPSA) is 3.24 Å². The maximum Gasteiger partial charge on any atom is 0.0726 e. The molecule has 53 heavy (non-hydrogen) atoms. The van der Waals surface area contributed by atoms with Crippen LogP contribution in [0.2, 0.25) is 0 Å². The van der Waals surface area contributed by atoms with Crippen molar-refractivity contribution in [1.82, 2.24) is 0 Å². The third kappa shape index (κ3) is 3.97. The van der Waals surface area contributed by atoms with Crippen LogP contribution in [0, 0.1) is 0 Å². The molecule has 0 aliphatic heterocycles. The van der Waals surface area contributed by atoms with E-state index >= 15 is 0 Å². The lowest BCUT2D eigenvalue weighted by atomic mass is 9.66. The summed E-state index contributed by atoms with van der Waals surface area (Å²) >= 11 is 0. The molecule has 0 bridgehead atoms. The van der Waals surface area contributed by atoms with E-state index < -0.39 is 5.41 Å². The number of benzene rings is 8. The zero-order valence-corrected chi connectivity index (χ0v) is 29.8. The average molecular weight is 676 g/mol. The van der Waals surface area contributed by atoms with Crippen molar-refractivity contribution in [3.05, 3.63) is 221 Å². The molecule has 0 heterocycles. The number of rotatable bonds is 3. The SMILES string of the molecule is CC1(C)c2ccccc2-c2ccc(N(c3ccccc3)c3cccc4c3-c3ccccc3C43c4ccccc4-c4ccccc4-c4ccccc43)cc21. The van der Waals surface area contributed by atoms with Gasteiger partial charge < -0.3 is 4.90 Å². The summed E-state index contributed by atoms with van der Waals surface area (Å²) in [5.74, 6) is 0. The summed E-state index contributed by atoms with van der Waals surface area (Å²) in [7, 11) is 0. The van der Waals surface area contributed by atoms with Crippen LogP contribution in [0.1, 0.15) is 47.2 Å². The highest BCUT2D eigenvalue weighted by molar-refractivity contribution is 6.02. The fourth-order valence-electron chi connectivity index (χ4n) is 10.1. The minimum Gasteiger partial charge on any atom is -0.310 e. The Labute approximate surface area is 311 Å². The Morgan fingerprint density at radius 2 is 0.774 bits per heavy atom. The average Bonchev–Trinajstić information content (AvgIpc) is 3.60. The molecule has 3 aliphatic rings. The van der Waals surface area contributed by atoms with Gasteiger partial charge in [-0.05, 0) is 103 Å². The van der Waals surface area contributed by atoms with Crippen LogP contribution in [0.4, 0.5) is 17.1 Å².